The Morgan fingerprint density at radius 2 is 1.74 bits per heavy atom. The maximum Gasteiger partial charge on any atom is 0.263 e. The van der Waals surface area contributed by atoms with E-state index in [1.165, 1.54) is 19.4 Å². The number of para-hydroxylation sites is 1. The number of ether oxygens (including phenoxy) is 1. The van der Waals surface area contributed by atoms with Gasteiger partial charge in [-0.15, -0.1) is 0 Å². The molecule has 9 heteroatoms. The van der Waals surface area contributed by atoms with Crippen LogP contribution in [0.5, 0.6) is 5.75 Å². The Balaban J connectivity index is 1.40. The Morgan fingerprint density at radius 3 is 2.45 bits per heavy atom. The highest BCUT2D eigenvalue weighted by Gasteiger charge is 2.21. The molecule has 1 aliphatic rings. The molecule has 1 saturated heterocycles. The maximum atomic E-state index is 14.1. The van der Waals surface area contributed by atoms with Crippen LogP contribution in [0.1, 0.15) is 0 Å². The zero-order chi connectivity index (χ0) is 21.4. The first-order valence-electron chi connectivity index (χ1n) is 10.0. The smallest absolute Gasteiger partial charge is 0.263 e. The van der Waals surface area contributed by atoms with Crippen molar-refractivity contribution in [2.45, 2.75) is 0 Å². The van der Waals surface area contributed by atoms with Crippen molar-refractivity contribution in [3.8, 4) is 11.4 Å². The molecule has 4 aromatic rings. The average Bonchev–Trinajstić information content (AvgIpc) is 3.24. The van der Waals surface area contributed by atoms with Gasteiger partial charge in [0.25, 0.3) is 5.56 Å². The summed E-state index contributed by atoms with van der Waals surface area (Å²) >= 11 is 0. The first-order chi connectivity index (χ1) is 15.1. The minimum absolute atomic E-state index is 0.221. The molecule has 158 valence electrons. The summed E-state index contributed by atoms with van der Waals surface area (Å²) in [5.74, 6) is 0.358. The third-order valence-electron chi connectivity index (χ3n) is 5.51. The van der Waals surface area contributed by atoms with Crippen LogP contribution in [0.2, 0.25) is 0 Å². The molecule has 0 unspecified atom stereocenters. The van der Waals surface area contributed by atoms with E-state index in [9.17, 15) is 9.18 Å². The number of hydrogen-bond donors (Lipinski definition) is 1. The number of aromatic nitrogens is 4. The number of anilines is 2. The number of methoxy groups -OCH3 is 1. The van der Waals surface area contributed by atoms with Gasteiger partial charge in [0.2, 0.25) is 5.95 Å². The molecule has 0 bridgehead atoms. The lowest BCUT2D eigenvalue weighted by Gasteiger charge is -2.36. The topological polar surface area (TPSA) is 79.3 Å². The highest BCUT2D eigenvalue weighted by Crippen LogP contribution is 2.25. The van der Waals surface area contributed by atoms with Crippen LogP contribution >= 0.6 is 0 Å². The van der Waals surface area contributed by atoms with Gasteiger partial charge < -0.3 is 14.5 Å². The van der Waals surface area contributed by atoms with Crippen molar-refractivity contribution in [2.24, 2.45) is 0 Å². The Labute approximate surface area is 177 Å². The highest BCUT2D eigenvalue weighted by atomic mass is 19.1. The molecule has 31 heavy (non-hydrogen) atoms. The summed E-state index contributed by atoms with van der Waals surface area (Å²) in [5, 5.41) is 4.79. The second kappa shape index (κ2) is 7.75. The molecule has 2 aromatic carbocycles. The van der Waals surface area contributed by atoms with Gasteiger partial charge in [0.15, 0.2) is 17.2 Å². The summed E-state index contributed by atoms with van der Waals surface area (Å²) in [7, 11) is 1.45. The fraction of sp³-hybridized carbons (Fsp3) is 0.227. The summed E-state index contributed by atoms with van der Waals surface area (Å²) in [6, 6.07) is 14.6. The van der Waals surface area contributed by atoms with Gasteiger partial charge in [0.05, 0.1) is 19.0 Å². The van der Waals surface area contributed by atoms with E-state index in [0.29, 0.717) is 43.2 Å². The molecule has 0 aliphatic carbocycles. The number of hydrogen-bond acceptors (Lipinski definition) is 6. The van der Waals surface area contributed by atoms with Crippen LogP contribution in [0.25, 0.3) is 16.7 Å². The third kappa shape index (κ3) is 3.48. The summed E-state index contributed by atoms with van der Waals surface area (Å²) < 4.78 is 20.7. The lowest BCUT2D eigenvalue weighted by molar-refractivity contribution is 0.386. The number of benzene rings is 2. The van der Waals surface area contributed by atoms with Crippen molar-refractivity contribution in [3.05, 3.63) is 70.9 Å². The van der Waals surface area contributed by atoms with E-state index >= 15 is 0 Å². The molecule has 0 amide bonds. The number of aromatic amines is 1. The van der Waals surface area contributed by atoms with E-state index in [2.05, 4.69) is 15.0 Å². The fourth-order valence-corrected chi connectivity index (χ4v) is 3.84. The normalized spacial score (nSPS) is 14.3. The average molecular weight is 420 g/mol. The Bertz CT molecular complexity index is 1280. The summed E-state index contributed by atoms with van der Waals surface area (Å²) in [4.78, 5) is 24.3. The Morgan fingerprint density at radius 1 is 1.00 bits per heavy atom. The molecule has 0 atom stereocenters. The highest BCUT2D eigenvalue weighted by molar-refractivity contribution is 5.76. The van der Waals surface area contributed by atoms with Crippen LogP contribution in [0.4, 0.5) is 16.0 Å². The van der Waals surface area contributed by atoms with Gasteiger partial charge in [0.1, 0.15) is 5.39 Å². The number of fused-ring (bicyclic) bond motifs is 1. The second-order valence-corrected chi connectivity index (χ2v) is 7.31. The van der Waals surface area contributed by atoms with Gasteiger partial charge >= 0.3 is 0 Å². The van der Waals surface area contributed by atoms with E-state index < -0.39 is 0 Å². The van der Waals surface area contributed by atoms with Crippen molar-refractivity contribution in [3.63, 3.8) is 0 Å². The predicted molar refractivity (Wildman–Crippen MR) is 117 cm³/mol. The molecule has 0 radical (unpaired) electrons. The fourth-order valence-electron chi connectivity index (χ4n) is 3.84. The van der Waals surface area contributed by atoms with E-state index in [1.807, 2.05) is 41.3 Å². The molecule has 0 saturated carbocycles. The SMILES string of the molecule is COc1ccc(N2CCN(c3nc4c(cnn4-c4ccccc4)c(=O)[nH]3)CC2)cc1F. The predicted octanol–water partition coefficient (Wildman–Crippen LogP) is 2.58. The van der Waals surface area contributed by atoms with Crippen molar-refractivity contribution in [2.75, 3.05) is 43.1 Å². The molecule has 3 heterocycles. The van der Waals surface area contributed by atoms with Crippen molar-refractivity contribution < 1.29 is 9.13 Å². The minimum atomic E-state index is -0.381. The van der Waals surface area contributed by atoms with Gasteiger partial charge in [-0.3, -0.25) is 9.78 Å². The molecule has 0 spiro atoms. The first kappa shape index (κ1) is 19.1. The number of piperazine rings is 1. The quantitative estimate of drug-likeness (QED) is 0.547. The number of nitrogens with one attached hydrogen (secondary N) is 1. The molecular weight excluding hydrogens is 399 g/mol. The Kier molecular flexibility index (Phi) is 4.78. The van der Waals surface area contributed by atoms with E-state index in [1.54, 1.807) is 10.7 Å². The summed E-state index contributed by atoms with van der Waals surface area (Å²) in [5.41, 5.74) is 1.94. The van der Waals surface area contributed by atoms with Crippen molar-refractivity contribution >= 4 is 22.7 Å². The largest absolute Gasteiger partial charge is 0.494 e. The zero-order valence-corrected chi connectivity index (χ0v) is 17.0. The summed E-state index contributed by atoms with van der Waals surface area (Å²) in [6.45, 7) is 2.63. The van der Waals surface area contributed by atoms with Gasteiger partial charge in [-0.25, -0.2) is 9.07 Å². The van der Waals surface area contributed by atoms with Crippen LogP contribution in [-0.4, -0.2) is 53.0 Å². The van der Waals surface area contributed by atoms with E-state index in [0.717, 1.165) is 11.4 Å². The monoisotopic (exact) mass is 420 g/mol. The number of halogens is 1. The van der Waals surface area contributed by atoms with Crippen LogP contribution < -0.4 is 20.1 Å². The lowest BCUT2D eigenvalue weighted by Crippen LogP contribution is -2.47. The third-order valence-corrected chi connectivity index (χ3v) is 5.51. The van der Waals surface area contributed by atoms with E-state index in [4.69, 9.17) is 9.72 Å². The van der Waals surface area contributed by atoms with Gasteiger partial charge in [-0.1, -0.05) is 18.2 Å². The van der Waals surface area contributed by atoms with Crippen LogP contribution in [0.15, 0.2) is 59.5 Å². The number of H-pyrrole nitrogens is 1. The molecule has 5 rings (SSSR count). The van der Waals surface area contributed by atoms with Crippen LogP contribution in [-0.2, 0) is 0 Å². The minimum Gasteiger partial charge on any atom is -0.494 e. The number of rotatable bonds is 4. The van der Waals surface area contributed by atoms with Crippen molar-refractivity contribution in [1.82, 2.24) is 19.7 Å². The van der Waals surface area contributed by atoms with E-state index in [-0.39, 0.29) is 17.1 Å². The molecule has 1 aliphatic heterocycles. The standard InChI is InChI=1S/C22H21FN6O2/c1-31-19-8-7-16(13-18(19)23)27-9-11-28(12-10-27)22-25-20-17(21(30)26-22)14-24-29(20)15-5-3-2-4-6-15/h2-8,13-14H,9-12H2,1H3,(H,25,26,30). The lowest BCUT2D eigenvalue weighted by atomic mass is 10.2. The van der Waals surface area contributed by atoms with Crippen LogP contribution in [0.3, 0.4) is 0 Å². The van der Waals surface area contributed by atoms with Gasteiger partial charge in [-0.05, 0) is 24.3 Å². The molecule has 1 fully saturated rings. The number of nitrogens with zero attached hydrogens (tertiary/aromatic N) is 5. The van der Waals surface area contributed by atoms with Gasteiger partial charge in [0, 0.05) is 37.9 Å². The second-order valence-electron chi connectivity index (χ2n) is 7.31. The molecule has 2 aromatic heterocycles. The van der Waals surface area contributed by atoms with Gasteiger partial charge in [-0.2, -0.15) is 10.1 Å². The Hall–Kier alpha value is -3.88. The molecule has 1 N–H and O–H groups in total. The zero-order valence-electron chi connectivity index (χ0n) is 17.0. The van der Waals surface area contributed by atoms with Crippen molar-refractivity contribution in [1.29, 1.82) is 0 Å². The molecular formula is C22H21FN6O2. The molecule has 8 nitrogen and oxygen atoms in total. The first-order valence-corrected chi connectivity index (χ1v) is 10.0. The summed E-state index contributed by atoms with van der Waals surface area (Å²) in [6.07, 6.45) is 1.54. The maximum absolute atomic E-state index is 14.1. The van der Waals surface area contributed by atoms with Crippen LogP contribution in [0, 0.1) is 5.82 Å².